The third kappa shape index (κ3) is 3.16. The smallest absolute Gasteiger partial charge is 0.255 e. The van der Waals surface area contributed by atoms with E-state index in [9.17, 15) is 9.90 Å². The molecule has 2 aromatic rings. The van der Waals surface area contributed by atoms with Crippen LogP contribution in [0, 0.1) is 0 Å². The van der Waals surface area contributed by atoms with E-state index in [2.05, 4.69) is 5.32 Å². The number of aromatic hydroxyl groups is 1. The number of nitrogens with one attached hydrogen (secondary N) is 1. The lowest BCUT2D eigenvalue weighted by Gasteiger charge is -2.32. The number of likely N-dealkylation sites (N-methyl/N-ethyl adjacent to an activating group) is 1. The van der Waals surface area contributed by atoms with Crippen molar-refractivity contribution in [2.45, 2.75) is 19.4 Å². The summed E-state index contributed by atoms with van der Waals surface area (Å²) < 4.78 is 0. The summed E-state index contributed by atoms with van der Waals surface area (Å²) in [6, 6.07) is 11.0. The summed E-state index contributed by atoms with van der Waals surface area (Å²) in [6.07, 6.45) is 0. The summed E-state index contributed by atoms with van der Waals surface area (Å²) in [6.45, 7) is 4.60. The quantitative estimate of drug-likeness (QED) is 0.908. The fourth-order valence-electron chi connectivity index (χ4n) is 1.99. The maximum absolute atomic E-state index is 12.3. The number of rotatable bonds is 4. The fourth-order valence-corrected chi connectivity index (χ4v) is 1.99. The average molecular weight is 286 g/mol. The third-order valence-corrected chi connectivity index (χ3v) is 4.04. The summed E-state index contributed by atoms with van der Waals surface area (Å²) in [7, 11) is 3.94. The highest BCUT2D eigenvalue weighted by atomic mass is 16.3. The lowest BCUT2D eigenvalue weighted by Crippen LogP contribution is -2.48. The standard InChI is InChI=1S/C17H22N2O2/c1-17(2,19(3)4)11-18-16(21)14-10-9-12-7-5-6-8-13(12)15(14)20/h5-10,20H,11H2,1-4H3,(H,18,21). The molecule has 112 valence electrons. The Bertz CT molecular complexity index is 663. The molecule has 2 N–H and O–H groups in total. The van der Waals surface area contributed by atoms with Crippen molar-refractivity contribution >= 4 is 16.7 Å². The molecule has 0 radical (unpaired) electrons. The van der Waals surface area contributed by atoms with E-state index in [4.69, 9.17) is 0 Å². The highest BCUT2D eigenvalue weighted by molar-refractivity contribution is 6.03. The average Bonchev–Trinajstić information content (AvgIpc) is 2.45. The molecule has 0 aliphatic heterocycles. The Morgan fingerprint density at radius 3 is 2.52 bits per heavy atom. The van der Waals surface area contributed by atoms with E-state index < -0.39 is 0 Å². The van der Waals surface area contributed by atoms with Gasteiger partial charge in [-0.25, -0.2) is 0 Å². The minimum atomic E-state index is -0.256. The summed E-state index contributed by atoms with van der Waals surface area (Å²) in [5.74, 6) is -0.221. The molecular weight excluding hydrogens is 264 g/mol. The largest absolute Gasteiger partial charge is 0.506 e. The molecule has 0 aliphatic rings. The Kier molecular flexibility index (Phi) is 4.19. The van der Waals surface area contributed by atoms with Crippen LogP contribution in [0.3, 0.4) is 0 Å². The van der Waals surface area contributed by atoms with Gasteiger partial charge in [-0.15, -0.1) is 0 Å². The summed E-state index contributed by atoms with van der Waals surface area (Å²) in [5, 5.41) is 14.8. The molecular formula is C17H22N2O2. The lowest BCUT2D eigenvalue weighted by atomic mass is 10.0. The van der Waals surface area contributed by atoms with Gasteiger partial charge in [-0.2, -0.15) is 0 Å². The van der Waals surface area contributed by atoms with Gasteiger partial charge in [0.05, 0.1) is 5.56 Å². The van der Waals surface area contributed by atoms with E-state index >= 15 is 0 Å². The van der Waals surface area contributed by atoms with Gasteiger partial charge < -0.3 is 15.3 Å². The molecule has 4 nitrogen and oxygen atoms in total. The van der Waals surface area contributed by atoms with Crippen molar-refractivity contribution in [2.24, 2.45) is 0 Å². The summed E-state index contributed by atoms with van der Waals surface area (Å²) in [5.41, 5.74) is 0.158. The van der Waals surface area contributed by atoms with Gasteiger partial charge in [-0.3, -0.25) is 4.79 Å². The Labute approximate surface area is 125 Å². The zero-order valence-electron chi connectivity index (χ0n) is 13.0. The normalized spacial score (nSPS) is 11.9. The molecule has 0 heterocycles. The van der Waals surface area contributed by atoms with Crippen LogP contribution in [0.2, 0.25) is 0 Å². The van der Waals surface area contributed by atoms with Gasteiger partial charge >= 0.3 is 0 Å². The molecule has 21 heavy (non-hydrogen) atoms. The van der Waals surface area contributed by atoms with Gasteiger partial charge in [0.15, 0.2) is 0 Å². The number of fused-ring (bicyclic) bond motifs is 1. The molecule has 4 heteroatoms. The first-order valence-electron chi connectivity index (χ1n) is 6.99. The number of amides is 1. The predicted octanol–water partition coefficient (Wildman–Crippen LogP) is 2.62. The number of carbonyl (C=O) groups is 1. The molecule has 0 saturated carbocycles. The molecule has 0 unspecified atom stereocenters. The highest BCUT2D eigenvalue weighted by Gasteiger charge is 2.22. The van der Waals surface area contributed by atoms with Crippen LogP contribution in [0.4, 0.5) is 0 Å². The molecule has 1 amide bonds. The monoisotopic (exact) mass is 286 g/mol. The number of phenolic OH excluding ortho intramolecular Hbond substituents is 1. The molecule has 0 aliphatic carbocycles. The SMILES string of the molecule is CN(C)C(C)(C)CNC(=O)c1ccc2ccccc2c1O. The lowest BCUT2D eigenvalue weighted by molar-refractivity contribution is 0.0917. The molecule has 0 aromatic heterocycles. The Morgan fingerprint density at radius 1 is 1.19 bits per heavy atom. The maximum atomic E-state index is 12.3. The van der Waals surface area contributed by atoms with Gasteiger partial charge in [0, 0.05) is 17.5 Å². The van der Waals surface area contributed by atoms with Crippen LogP contribution in [0.1, 0.15) is 24.2 Å². The van der Waals surface area contributed by atoms with Gasteiger partial charge in [0.2, 0.25) is 0 Å². The van der Waals surface area contributed by atoms with Crippen molar-refractivity contribution in [3.05, 3.63) is 42.0 Å². The van der Waals surface area contributed by atoms with Crippen LogP contribution >= 0.6 is 0 Å². The Morgan fingerprint density at radius 2 is 1.86 bits per heavy atom. The second-order valence-electron chi connectivity index (χ2n) is 6.07. The Hall–Kier alpha value is -2.07. The van der Waals surface area contributed by atoms with Crippen LogP contribution in [0.5, 0.6) is 5.75 Å². The van der Waals surface area contributed by atoms with Crippen LogP contribution < -0.4 is 5.32 Å². The second kappa shape index (κ2) is 5.74. The van der Waals surface area contributed by atoms with Crippen LogP contribution in [0.15, 0.2) is 36.4 Å². The number of phenols is 1. The van der Waals surface area contributed by atoms with E-state index in [0.29, 0.717) is 17.5 Å². The summed E-state index contributed by atoms with van der Waals surface area (Å²) >= 11 is 0. The Balaban J connectivity index is 2.22. The first kappa shape index (κ1) is 15.3. The van der Waals surface area contributed by atoms with Crippen molar-refractivity contribution in [1.82, 2.24) is 10.2 Å². The first-order chi connectivity index (χ1) is 9.83. The molecule has 0 saturated heterocycles. The number of hydrogen-bond donors (Lipinski definition) is 2. The van der Waals surface area contributed by atoms with E-state index in [1.165, 1.54) is 0 Å². The van der Waals surface area contributed by atoms with Gasteiger partial charge in [0.25, 0.3) is 5.91 Å². The predicted molar refractivity (Wildman–Crippen MR) is 85.7 cm³/mol. The number of nitrogens with zero attached hydrogens (tertiary/aromatic N) is 1. The number of hydrogen-bond acceptors (Lipinski definition) is 3. The maximum Gasteiger partial charge on any atom is 0.255 e. The first-order valence-corrected chi connectivity index (χ1v) is 6.99. The molecule has 0 fully saturated rings. The zero-order chi connectivity index (χ0) is 15.6. The fraction of sp³-hybridized carbons (Fsp3) is 0.353. The minimum Gasteiger partial charge on any atom is -0.506 e. The van der Waals surface area contributed by atoms with E-state index in [1.54, 1.807) is 6.07 Å². The molecule has 0 spiro atoms. The van der Waals surface area contributed by atoms with E-state index in [1.807, 2.05) is 63.2 Å². The molecule has 2 aromatic carbocycles. The van der Waals surface area contributed by atoms with Crippen molar-refractivity contribution in [3.8, 4) is 5.75 Å². The third-order valence-electron chi connectivity index (χ3n) is 4.04. The highest BCUT2D eigenvalue weighted by Crippen LogP contribution is 2.28. The van der Waals surface area contributed by atoms with Gasteiger partial charge in [0.1, 0.15) is 5.75 Å². The van der Waals surface area contributed by atoms with E-state index in [-0.39, 0.29) is 17.2 Å². The van der Waals surface area contributed by atoms with Crippen molar-refractivity contribution in [3.63, 3.8) is 0 Å². The zero-order valence-corrected chi connectivity index (χ0v) is 13.0. The van der Waals surface area contributed by atoms with Crippen LogP contribution in [-0.2, 0) is 0 Å². The molecule has 0 atom stereocenters. The second-order valence-corrected chi connectivity index (χ2v) is 6.07. The topological polar surface area (TPSA) is 52.6 Å². The van der Waals surface area contributed by atoms with Crippen LogP contribution in [-0.4, -0.2) is 42.1 Å². The van der Waals surface area contributed by atoms with Crippen molar-refractivity contribution in [2.75, 3.05) is 20.6 Å². The summed E-state index contributed by atoms with van der Waals surface area (Å²) in [4.78, 5) is 14.3. The number of carbonyl (C=O) groups excluding carboxylic acids is 1. The van der Waals surface area contributed by atoms with Crippen molar-refractivity contribution in [1.29, 1.82) is 0 Å². The molecule has 2 rings (SSSR count). The van der Waals surface area contributed by atoms with E-state index in [0.717, 1.165) is 5.39 Å². The van der Waals surface area contributed by atoms with Crippen LogP contribution in [0.25, 0.3) is 10.8 Å². The van der Waals surface area contributed by atoms with Gasteiger partial charge in [-0.05, 0) is 39.4 Å². The molecule has 0 bridgehead atoms. The number of benzene rings is 2. The minimum absolute atomic E-state index is 0.0354. The van der Waals surface area contributed by atoms with Crippen molar-refractivity contribution < 1.29 is 9.90 Å². The van der Waals surface area contributed by atoms with Gasteiger partial charge in [-0.1, -0.05) is 30.3 Å².